The molecule has 1 atom stereocenters. The number of thioether (sulfide) groups is 1. The van der Waals surface area contributed by atoms with Crippen molar-refractivity contribution in [3.63, 3.8) is 0 Å². The van der Waals surface area contributed by atoms with Crippen molar-refractivity contribution in [3.05, 3.63) is 29.8 Å². The van der Waals surface area contributed by atoms with Crippen LogP contribution in [0.2, 0.25) is 0 Å². The van der Waals surface area contributed by atoms with Gasteiger partial charge in [0.25, 0.3) is 0 Å². The lowest BCUT2D eigenvalue weighted by molar-refractivity contribution is -0.138. The molecule has 7 heteroatoms. The molecule has 0 saturated carbocycles. The number of rotatable bonds is 5. The molecule has 0 amide bonds. The summed E-state index contributed by atoms with van der Waals surface area (Å²) in [6, 6.07) is 7.61. The van der Waals surface area contributed by atoms with Crippen LogP contribution < -0.4 is 0 Å². The van der Waals surface area contributed by atoms with Crippen LogP contribution in [-0.4, -0.2) is 54.7 Å². The van der Waals surface area contributed by atoms with Crippen molar-refractivity contribution < 1.29 is 18.3 Å². The number of nitrogens with zero attached hydrogens (tertiary/aromatic N) is 1. The number of carboxylic acid groups (broad SMARTS) is 1. The van der Waals surface area contributed by atoms with Crippen molar-refractivity contribution in [2.45, 2.75) is 23.9 Å². The fraction of sp³-hybridized carbons (Fsp3) is 0.500. The highest BCUT2D eigenvalue weighted by atomic mass is 32.2. The first-order valence-corrected chi connectivity index (χ1v) is 9.73. The summed E-state index contributed by atoms with van der Waals surface area (Å²) in [7, 11) is -3.12. The van der Waals surface area contributed by atoms with Crippen molar-refractivity contribution >= 4 is 27.6 Å². The van der Waals surface area contributed by atoms with Gasteiger partial charge in [-0.25, -0.2) is 8.42 Å². The molecule has 2 rings (SSSR count). The zero-order chi connectivity index (χ0) is 15.5. The Labute approximate surface area is 129 Å². The maximum Gasteiger partial charge on any atom is 0.304 e. The lowest BCUT2D eigenvalue weighted by Gasteiger charge is -2.34. The number of carbonyl (C=O) groups is 1. The summed E-state index contributed by atoms with van der Waals surface area (Å²) < 4.78 is 23.4. The van der Waals surface area contributed by atoms with E-state index in [9.17, 15) is 13.2 Å². The molecule has 1 fully saturated rings. The van der Waals surface area contributed by atoms with Crippen LogP contribution in [0.3, 0.4) is 0 Å². The van der Waals surface area contributed by atoms with Crippen molar-refractivity contribution in [1.29, 1.82) is 0 Å². The van der Waals surface area contributed by atoms with Gasteiger partial charge in [0.15, 0.2) is 9.84 Å². The summed E-state index contributed by atoms with van der Waals surface area (Å²) >= 11 is 1.66. The quantitative estimate of drug-likeness (QED) is 0.825. The number of hydrogen-bond acceptors (Lipinski definition) is 5. The molecule has 1 unspecified atom stereocenters. The largest absolute Gasteiger partial charge is 0.481 e. The Morgan fingerprint density at radius 3 is 2.62 bits per heavy atom. The lowest BCUT2D eigenvalue weighted by Crippen LogP contribution is -2.48. The van der Waals surface area contributed by atoms with Crippen LogP contribution in [0, 0.1) is 0 Å². The van der Waals surface area contributed by atoms with Crippen LogP contribution in [0.1, 0.15) is 12.0 Å². The minimum atomic E-state index is -3.12. The number of carboxylic acids is 1. The van der Waals surface area contributed by atoms with Crippen molar-refractivity contribution in [2.24, 2.45) is 0 Å². The number of benzene rings is 1. The van der Waals surface area contributed by atoms with E-state index >= 15 is 0 Å². The van der Waals surface area contributed by atoms with Crippen LogP contribution in [0.25, 0.3) is 0 Å². The van der Waals surface area contributed by atoms with Crippen LogP contribution in [0.5, 0.6) is 0 Å². The standard InChI is InChI=1S/C14H19NO4S2/c1-20-13-4-2-11(3-5-13)9-15-6-7-21(18,19)10-12(15)8-14(16)17/h2-5,12H,6-10H2,1H3,(H,16,17). The lowest BCUT2D eigenvalue weighted by atomic mass is 10.1. The Morgan fingerprint density at radius 2 is 2.05 bits per heavy atom. The highest BCUT2D eigenvalue weighted by molar-refractivity contribution is 7.98. The van der Waals surface area contributed by atoms with Gasteiger partial charge in [0.05, 0.1) is 17.9 Å². The SMILES string of the molecule is CSc1ccc(CN2CCS(=O)(=O)CC2CC(=O)O)cc1. The van der Waals surface area contributed by atoms with Gasteiger partial charge in [-0.15, -0.1) is 11.8 Å². The summed E-state index contributed by atoms with van der Waals surface area (Å²) in [4.78, 5) is 14.1. The second-order valence-corrected chi connectivity index (χ2v) is 8.29. The number of hydrogen-bond donors (Lipinski definition) is 1. The second-order valence-electron chi connectivity index (χ2n) is 5.18. The predicted octanol–water partition coefficient (Wildman–Crippen LogP) is 1.48. The third kappa shape index (κ3) is 4.72. The molecule has 1 aliphatic rings. The van der Waals surface area contributed by atoms with Gasteiger partial charge in [0.1, 0.15) is 0 Å². The molecule has 21 heavy (non-hydrogen) atoms. The third-order valence-corrected chi connectivity index (χ3v) is 6.05. The normalized spacial score (nSPS) is 22.0. The summed E-state index contributed by atoms with van der Waals surface area (Å²) in [5, 5.41) is 8.96. The van der Waals surface area contributed by atoms with Crippen molar-refractivity contribution in [1.82, 2.24) is 4.90 Å². The van der Waals surface area contributed by atoms with E-state index < -0.39 is 21.8 Å². The molecule has 5 nitrogen and oxygen atoms in total. The van der Waals surface area contributed by atoms with Gasteiger partial charge in [-0.2, -0.15) is 0 Å². The molecule has 0 radical (unpaired) electrons. The zero-order valence-electron chi connectivity index (χ0n) is 11.9. The first-order chi connectivity index (χ1) is 9.89. The second kappa shape index (κ2) is 6.81. The average molecular weight is 329 g/mol. The van der Waals surface area contributed by atoms with Gasteiger partial charge in [0, 0.05) is 24.0 Å². The molecule has 0 bridgehead atoms. The van der Waals surface area contributed by atoms with Gasteiger partial charge < -0.3 is 5.11 Å². The molecule has 0 aromatic heterocycles. The minimum Gasteiger partial charge on any atom is -0.481 e. The first kappa shape index (κ1) is 16.3. The monoisotopic (exact) mass is 329 g/mol. The number of aliphatic carboxylic acids is 1. The third-order valence-electron chi connectivity index (χ3n) is 3.61. The predicted molar refractivity (Wildman–Crippen MR) is 83.3 cm³/mol. The van der Waals surface area contributed by atoms with Crippen LogP contribution in [-0.2, 0) is 21.2 Å². The highest BCUT2D eigenvalue weighted by Crippen LogP contribution is 2.20. The molecular weight excluding hydrogens is 310 g/mol. The topological polar surface area (TPSA) is 74.7 Å². The van der Waals surface area contributed by atoms with Crippen molar-refractivity contribution in [3.8, 4) is 0 Å². The first-order valence-electron chi connectivity index (χ1n) is 6.69. The van der Waals surface area contributed by atoms with E-state index in [2.05, 4.69) is 0 Å². The maximum absolute atomic E-state index is 11.7. The maximum atomic E-state index is 11.7. The Kier molecular flexibility index (Phi) is 5.29. The Hall–Kier alpha value is -1.05. The van der Waals surface area contributed by atoms with Gasteiger partial charge >= 0.3 is 5.97 Å². The van der Waals surface area contributed by atoms with E-state index in [0.717, 1.165) is 5.56 Å². The van der Waals surface area contributed by atoms with E-state index in [0.29, 0.717) is 13.1 Å². The molecule has 1 N–H and O–H groups in total. The highest BCUT2D eigenvalue weighted by Gasteiger charge is 2.32. The van der Waals surface area contributed by atoms with E-state index in [-0.39, 0.29) is 17.9 Å². The summed E-state index contributed by atoms with van der Waals surface area (Å²) in [6.07, 6.45) is 1.87. The van der Waals surface area contributed by atoms with Gasteiger partial charge in [-0.05, 0) is 24.0 Å². The Balaban J connectivity index is 2.09. The van der Waals surface area contributed by atoms with Gasteiger partial charge in [0.2, 0.25) is 0 Å². The molecule has 1 aromatic rings. The Bertz CT molecular complexity index is 598. The molecule has 1 aliphatic heterocycles. The zero-order valence-corrected chi connectivity index (χ0v) is 13.5. The molecule has 1 saturated heterocycles. The van der Waals surface area contributed by atoms with E-state index in [1.165, 1.54) is 4.90 Å². The summed E-state index contributed by atoms with van der Waals surface area (Å²) in [5.74, 6) is -0.923. The minimum absolute atomic E-state index is 0.0673. The van der Waals surface area contributed by atoms with E-state index in [1.54, 1.807) is 11.8 Å². The summed E-state index contributed by atoms with van der Waals surface area (Å²) in [6.45, 7) is 0.979. The smallest absolute Gasteiger partial charge is 0.304 e. The van der Waals surface area contributed by atoms with E-state index in [1.807, 2.05) is 35.4 Å². The van der Waals surface area contributed by atoms with Gasteiger partial charge in [-0.1, -0.05) is 12.1 Å². The van der Waals surface area contributed by atoms with Crippen LogP contribution in [0.15, 0.2) is 29.2 Å². The molecule has 0 aliphatic carbocycles. The summed E-state index contributed by atoms with van der Waals surface area (Å²) in [5.41, 5.74) is 1.07. The average Bonchev–Trinajstić information content (AvgIpc) is 2.41. The molecule has 1 aromatic carbocycles. The van der Waals surface area contributed by atoms with Crippen LogP contribution in [0.4, 0.5) is 0 Å². The molecule has 0 spiro atoms. The molecule has 1 heterocycles. The fourth-order valence-corrected chi connectivity index (χ4v) is 4.49. The van der Waals surface area contributed by atoms with Crippen molar-refractivity contribution in [2.75, 3.05) is 24.3 Å². The fourth-order valence-electron chi connectivity index (χ4n) is 2.48. The van der Waals surface area contributed by atoms with Crippen LogP contribution >= 0.6 is 11.8 Å². The molecular formula is C14H19NO4S2. The number of sulfone groups is 1. The molecule has 116 valence electrons. The van der Waals surface area contributed by atoms with E-state index in [4.69, 9.17) is 5.11 Å². The van der Waals surface area contributed by atoms with Gasteiger partial charge in [-0.3, -0.25) is 9.69 Å². The Morgan fingerprint density at radius 1 is 1.38 bits per heavy atom.